The molecule has 0 aliphatic carbocycles. The molecule has 0 aliphatic heterocycles. The summed E-state index contributed by atoms with van der Waals surface area (Å²) >= 11 is 0. The van der Waals surface area contributed by atoms with E-state index in [-0.39, 0.29) is 12.3 Å². The van der Waals surface area contributed by atoms with E-state index in [0.717, 1.165) is 11.1 Å². The fraction of sp³-hybridized carbons (Fsp3) is 0.222. The number of aryl methyl sites for hydroxylation is 1. The first-order valence-corrected chi connectivity index (χ1v) is 7.25. The summed E-state index contributed by atoms with van der Waals surface area (Å²) in [4.78, 5) is 11.9. The van der Waals surface area contributed by atoms with Gasteiger partial charge in [-0.15, -0.1) is 0 Å². The predicted molar refractivity (Wildman–Crippen MR) is 85.1 cm³/mol. The first-order chi connectivity index (χ1) is 10.8. The molecule has 0 aliphatic rings. The van der Waals surface area contributed by atoms with E-state index < -0.39 is 5.97 Å². The van der Waals surface area contributed by atoms with Gasteiger partial charge in [-0.25, -0.2) is 4.79 Å². The molecule has 0 saturated heterocycles. The zero-order valence-corrected chi connectivity index (χ0v) is 12.3. The van der Waals surface area contributed by atoms with Gasteiger partial charge in [0, 0.05) is 12.8 Å². The highest BCUT2D eigenvalue weighted by Gasteiger charge is 2.14. The van der Waals surface area contributed by atoms with Crippen LogP contribution in [0.3, 0.4) is 0 Å². The summed E-state index contributed by atoms with van der Waals surface area (Å²) in [5, 5.41) is 12.0. The Hall–Kier alpha value is -2.62. The zero-order valence-electron chi connectivity index (χ0n) is 12.3. The lowest BCUT2D eigenvalue weighted by atomic mass is 10.1. The highest BCUT2D eigenvalue weighted by atomic mass is 16.5. The Bertz CT molecular complexity index is 609. The summed E-state index contributed by atoms with van der Waals surface area (Å²) in [7, 11) is 0. The van der Waals surface area contributed by atoms with Crippen LogP contribution >= 0.6 is 0 Å². The van der Waals surface area contributed by atoms with Crippen LogP contribution in [0.4, 0.5) is 0 Å². The Balaban J connectivity index is 1.77. The zero-order chi connectivity index (χ0) is 15.6. The lowest BCUT2D eigenvalue weighted by molar-refractivity contribution is -0.135. The van der Waals surface area contributed by atoms with E-state index in [1.807, 2.05) is 60.7 Å². The molecule has 0 radical (unpaired) electrons. The fourth-order valence-electron chi connectivity index (χ4n) is 2.09. The van der Waals surface area contributed by atoms with E-state index >= 15 is 0 Å². The van der Waals surface area contributed by atoms with Gasteiger partial charge in [0.15, 0.2) is 5.71 Å². The van der Waals surface area contributed by atoms with Gasteiger partial charge in [0.1, 0.15) is 0 Å². The van der Waals surface area contributed by atoms with Gasteiger partial charge in [-0.3, -0.25) is 0 Å². The molecule has 2 aromatic rings. The Morgan fingerprint density at radius 3 is 2.00 bits per heavy atom. The van der Waals surface area contributed by atoms with Crippen molar-refractivity contribution in [3.05, 3.63) is 71.8 Å². The molecule has 2 aromatic carbocycles. The molecule has 0 saturated carbocycles. The Kier molecular flexibility index (Phi) is 6.18. The van der Waals surface area contributed by atoms with Crippen molar-refractivity contribution in [2.24, 2.45) is 5.16 Å². The lowest BCUT2D eigenvalue weighted by Gasteiger charge is -2.06. The maximum absolute atomic E-state index is 11.9. The minimum absolute atomic E-state index is 0.0527. The lowest BCUT2D eigenvalue weighted by Crippen LogP contribution is -2.19. The number of rotatable bonds is 7. The second-order valence-electron chi connectivity index (χ2n) is 4.90. The van der Waals surface area contributed by atoms with Crippen molar-refractivity contribution in [2.75, 3.05) is 6.61 Å². The second-order valence-corrected chi connectivity index (χ2v) is 4.90. The van der Waals surface area contributed by atoms with Crippen molar-refractivity contribution in [3.63, 3.8) is 0 Å². The minimum atomic E-state index is -0.561. The molecule has 2 rings (SSSR count). The molecular weight excluding hydrogens is 278 g/mol. The number of oxime groups is 1. The summed E-state index contributed by atoms with van der Waals surface area (Å²) < 4.78 is 5.16. The number of ether oxygens (including phenoxy) is 1. The summed E-state index contributed by atoms with van der Waals surface area (Å²) in [6, 6.07) is 19.5. The van der Waals surface area contributed by atoms with E-state index in [2.05, 4.69) is 5.16 Å². The molecular formula is C18H19NO3. The van der Waals surface area contributed by atoms with Crippen molar-refractivity contribution < 1.29 is 14.7 Å². The molecule has 1 N–H and O–H groups in total. The average molecular weight is 297 g/mol. The van der Waals surface area contributed by atoms with Gasteiger partial charge in [-0.05, 0) is 17.5 Å². The van der Waals surface area contributed by atoms with Crippen molar-refractivity contribution >= 4 is 11.7 Å². The normalized spacial score (nSPS) is 11.2. The van der Waals surface area contributed by atoms with Crippen LogP contribution in [-0.4, -0.2) is 23.5 Å². The smallest absolute Gasteiger partial charge is 0.356 e. The minimum Gasteiger partial charge on any atom is -0.461 e. The van der Waals surface area contributed by atoms with Crippen LogP contribution in [0.5, 0.6) is 0 Å². The third-order valence-corrected chi connectivity index (χ3v) is 3.32. The van der Waals surface area contributed by atoms with Gasteiger partial charge in [0.2, 0.25) is 0 Å². The van der Waals surface area contributed by atoms with E-state index in [1.165, 1.54) is 0 Å². The van der Waals surface area contributed by atoms with Gasteiger partial charge < -0.3 is 9.94 Å². The third-order valence-electron chi connectivity index (χ3n) is 3.32. The molecule has 4 nitrogen and oxygen atoms in total. The van der Waals surface area contributed by atoms with Crippen LogP contribution in [-0.2, 0) is 22.4 Å². The largest absolute Gasteiger partial charge is 0.461 e. The number of hydrogen-bond acceptors (Lipinski definition) is 4. The van der Waals surface area contributed by atoms with Gasteiger partial charge in [-0.2, -0.15) is 0 Å². The standard InChI is InChI=1S/C18H19NO3/c20-18(22-14-13-16-9-5-2-6-10-16)17(19-21)12-11-15-7-3-1-4-8-15/h1-10,21H,11-14H2. The molecule has 0 unspecified atom stereocenters. The number of carbonyl (C=O) groups is 1. The topological polar surface area (TPSA) is 58.9 Å². The van der Waals surface area contributed by atoms with Crippen LogP contribution in [0.1, 0.15) is 17.5 Å². The van der Waals surface area contributed by atoms with Gasteiger partial charge in [-0.1, -0.05) is 65.8 Å². The number of esters is 1. The summed E-state index contributed by atoms with van der Waals surface area (Å²) in [6.07, 6.45) is 1.63. The molecule has 0 spiro atoms. The molecule has 0 bridgehead atoms. The number of hydrogen-bond donors (Lipinski definition) is 1. The Labute approximate surface area is 130 Å². The molecule has 0 aromatic heterocycles. The van der Waals surface area contributed by atoms with E-state index in [1.54, 1.807) is 0 Å². The summed E-state index contributed by atoms with van der Waals surface area (Å²) in [5.74, 6) is -0.561. The molecule has 0 atom stereocenters. The Morgan fingerprint density at radius 2 is 1.45 bits per heavy atom. The van der Waals surface area contributed by atoms with E-state index in [4.69, 9.17) is 9.94 Å². The first-order valence-electron chi connectivity index (χ1n) is 7.25. The second kappa shape index (κ2) is 8.62. The van der Waals surface area contributed by atoms with Crippen molar-refractivity contribution in [3.8, 4) is 0 Å². The highest BCUT2D eigenvalue weighted by Crippen LogP contribution is 2.05. The van der Waals surface area contributed by atoms with Crippen LogP contribution in [0.15, 0.2) is 65.8 Å². The molecule has 0 heterocycles. The van der Waals surface area contributed by atoms with Crippen LogP contribution in [0, 0.1) is 0 Å². The summed E-state index contributed by atoms with van der Waals surface area (Å²) in [5.41, 5.74) is 2.24. The maximum Gasteiger partial charge on any atom is 0.356 e. The van der Waals surface area contributed by atoms with Crippen molar-refractivity contribution in [1.29, 1.82) is 0 Å². The van der Waals surface area contributed by atoms with Crippen molar-refractivity contribution in [2.45, 2.75) is 19.3 Å². The van der Waals surface area contributed by atoms with Gasteiger partial charge in [0.05, 0.1) is 6.61 Å². The maximum atomic E-state index is 11.9. The quantitative estimate of drug-likeness (QED) is 0.369. The number of benzene rings is 2. The SMILES string of the molecule is O=C(OCCc1ccccc1)C(CCc1ccccc1)=NO. The van der Waals surface area contributed by atoms with Gasteiger partial charge in [0.25, 0.3) is 0 Å². The molecule has 4 heteroatoms. The van der Waals surface area contributed by atoms with Crippen LogP contribution in [0.2, 0.25) is 0 Å². The summed E-state index contributed by atoms with van der Waals surface area (Å²) in [6.45, 7) is 0.271. The predicted octanol–water partition coefficient (Wildman–Crippen LogP) is 3.24. The van der Waals surface area contributed by atoms with E-state index in [0.29, 0.717) is 19.3 Å². The first kappa shape index (κ1) is 15.8. The molecule has 22 heavy (non-hydrogen) atoms. The monoisotopic (exact) mass is 297 g/mol. The van der Waals surface area contributed by atoms with Gasteiger partial charge >= 0.3 is 5.97 Å². The Morgan fingerprint density at radius 1 is 0.909 bits per heavy atom. The average Bonchev–Trinajstić information content (AvgIpc) is 2.57. The number of carbonyl (C=O) groups excluding carboxylic acids is 1. The number of nitrogens with zero attached hydrogens (tertiary/aromatic N) is 1. The van der Waals surface area contributed by atoms with Crippen LogP contribution in [0.25, 0.3) is 0 Å². The molecule has 114 valence electrons. The van der Waals surface area contributed by atoms with Crippen molar-refractivity contribution in [1.82, 2.24) is 0 Å². The fourth-order valence-corrected chi connectivity index (χ4v) is 2.09. The highest BCUT2D eigenvalue weighted by molar-refractivity contribution is 6.36. The van der Waals surface area contributed by atoms with Crippen LogP contribution < -0.4 is 0 Å². The molecule has 0 fully saturated rings. The van der Waals surface area contributed by atoms with E-state index in [9.17, 15) is 4.79 Å². The molecule has 0 amide bonds. The third kappa shape index (κ3) is 5.05.